The van der Waals surface area contributed by atoms with E-state index in [1.807, 2.05) is 0 Å². The summed E-state index contributed by atoms with van der Waals surface area (Å²) in [6, 6.07) is -1.06. The van der Waals surface area contributed by atoms with Crippen LogP contribution < -0.4 is 16.5 Å². The molecule has 0 aromatic carbocycles. The molecule has 28 heavy (non-hydrogen) atoms. The Balaban J connectivity index is 1.92. The zero-order valence-corrected chi connectivity index (χ0v) is 17.3. The molecule has 1 aromatic heterocycles. The second kappa shape index (κ2) is 9.33. The van der Waals surface area contributed by atoms with Crippen LogP contribution in [0.4, 0.5) is 5.95 Å². The average molecular weight is 437 g/mol. The summed E-state index contributed by atoms with van der Waals surface area (Å²) in [6.45, 7) is 4.41. The number of nitrogens with zero attached hydrogens (tertiary/aromatic N) is 3. The summed E-state index contributed by atoms with van der Waals surface area (Å²) in [6.07, 6.45) is 0.187. The fourth-order valence-corrected chi connectivity index (χ4v) is 4.99. The van der Waals surface area contributed by atoms with Crippen LogP contribution in [-0.2, 0) is 18.6 Å². The van der Waals surface area contributed by atoms with E-state index in [9.17, 15) is 24.2 Å². The molecule has 2 heterocycles. The minimum absolute atomic E-state index is 0.151. The van der Waals surface area contributed by atoms with Gasteiger partial charge in [-0.05, 0) is 20.8 Å². The highest BCUT2D eigenvalue weighted by molar-refractivity contribution is 8.00. The number of nitrogens with two attached hydrogens (primary N) is 1. The standard InChI is InChI=1S/C14H24N5O7PS/c1-7(2)26-12(21)8(3)18-27(23,24)25-5-10-9(20)4-11(28-10)19-6-16-13(15)17-14(19)22/h6-11,20H,4-5H2,1-3H3,(H2,15,17,22)(H2,18,23,24)/t8-,9+,10?,11+/m0/s1. The van der Waals surface area contributed by atoms with E-state index in [1.165, 1.54) is 29.6 Å². The normalized spacial score (nSPS) is 25.4. The Morgan fingerprint density at radius 1 is 1.54 bits per heavy atom. The first kappa shape index (κ1) is 22.8. The number of anilines is 1. The molecule has 0 saturated carbocycles. The number of esters is 1. The van der Waals surface area contributed by atoms with Crippen molar-refractivity contribution >= 4 is 31.4 Å². The van der Waals surface area contributed by atoms with E-state index in [0.29, 0.717) is 0 Å². The molecule has 0 aliphatic carbocycles. The monoisotopic (exact) mass is 437 g/mol. The van der Waals surface area contributed by atoms with Gasteiger partial charge in [-0.2, -0.15) is 4.98 Å². The summed E-state index contributed by atoms with van der Waals surface area (Å²) in [7, 11) is -4.32. The van der Waals surface area contributed by atoms with Crippen molar-refractivity contribution in [3.63, 3.8) is 0 Å². The molecule has 5 atom stereocenters. The van der Waals surface area contributed by atoms with Crippen LogP contribution in [-0.4, -0.2) is 60.6 Å². The van der Waals surface area contributed by atoms with Gasteiger partial charge in [0.2, 0.25) is 5.95 Å². The molecule has 1 aromatic rings. The molecule has 0 bridgehead atoms. The summed E-state index contributed by atoms with van der Waals surface area (Å²) >= 11 is 1.18. The first-order valence-electron chi connectivity index (χ1n) is 8.48. The maximum atomic E-state index is 12.2. The van der Waals surface area contributed by atoms with Crippen LogP contribution in [0.1, 0.15) is 32.6 Å². The molecule has 158 valence electrons. The van der Waals surface area contributed by atoms with Gasteiger partial charge < -0.3 is 20.5 Å². The molecule has 1 saturated heterocycles. The van der Waals surface area contributed by atoms with E-state index < -0.39 is 42.2 Å². The minimum atomic E-state index is -4.32. The van der Waals surface area contributed by atoms with Crippen LogP contribution in [0.25, 0.3) is 0 Å². The summed E-state index contributed by atoms with van der Waals surface area (Å²) < 4.78 is 23.3. The maximum Gasteiger partial charge on any atom is 0.403 e. The molecule has 2 unspecified atom stereocenters. The van der Waals surface area contributed by atoms with Crippen molar-refractivity contribution in [3.05, 3.63) is 16.8 Å². The number of aromatic nitrogens is 3. The largest absolute Gasteiger partial charge is 0.462 e. The van der Waals surface area contributed by atoms with Crippen molar-refractivity contribution in [1.29, 1.82) is 0 Å². The van der Waals surface area contributed by atoms with Gasteiger partial charge in [0.1, 0.15) is 12.4 Å². The fourth-order valence-electron chi connectivity index (χ4n) is 2.43. The Morgan fingerprint density at radius 2 is 2.21 bits per heavy atom. The van der Waals surface area contributed by atoms with Gasteiger partial charge in [0, 0.05) is 6.42 Å². The van der Waals surface area contributed by atoms with Crippen LogP contribution in [0.15, 0.2) is 11.1 Å². The third-order valence-corrected chi connectivity index (χ3v) is 6.48. The van der Waals surface area contributed by atoms with Crippen LogP contribution in [0.5, 0.6) is 0 Å². The number of aliphatic hydroxyl groups is 1. The third kappa shape index (κ3) is 6.26. The quantitative estimate of drug-likeness (QED) is 0.307. The molecular weight excluding hydrogens is 413 g/mol. The topological polar surface area (TPSA) is 179 Å². The van der Waals surface area contributed by atoms with E-state index in [0.717, 1.165) is 0 Å². The van der Waals surface area contributed by atoms with Crippen molar-refractivity contribution in [3.8, 4) is 0 Å². The van der Waals surface area contributed by atoms with Gasteiger partial charge in [0.25, 0.3) is 0 Å². The number of carbonyl (C=O) groups excluding carboxylic acids is 1. The lowest BCUT2D eigenvalue weighted by molar-refractivity contribution is -0.149. The number of hydrogen-bond donors (Lipinski definition) is 4. The fraction of sp³-hybridized carbons (Fsp3) is 0.714. The molecule has 14 heteroatoms. The number of ether oxygens (including phenoxy) is 1. The lowest BCUT2D eigenvalue weighted by atomic mass is 10.2. The second-order valence-electron chi connectivity index (χ2n) is 6.49. The van der Waals surface area contributed by atoms with E-state index in [1.54, 1.807) is 13.8 Å². The van der Waals surface area contributed by atoms with E-state index in [2.05, 4.69) is 15.1 Å². The average Bonchev–Trinajstić information content (AvgIpc) is 2.92. The number of thioether (sulfide) groups is 1. The molecule has 0 amide bonds. The van der Waals surface area contributed by atoms with Crippen molar-refractivity contribution in [2.75, 3.05) is 12.3 Å². The Labute approximate surface area is 165 Å². The molecule has 1 fully saturated rings. The lowest BCUT2D eigenvalue weighted by Gasteiger charge is -2.21. The summed E-state index contributed by atoms with van der Waals surface area (Å²) in [4.78, 5) is 40.8. The van der Waals surface area contributed by atoms with Gasteiger partial charge >= 0.3 is 19.4 Å². The number of rotatable bonds is 8. The molecule has 0 radical (unpaired) electrons. The SMILES string of the molecule is CC(C)OC(=O)[C@H](C)NP(=O)(O)OCC1S[C@@H](n2cnc(N)nc2=O)C[C@H]1O. The molecule has 1 aliphatic rings. The van der Waals surface area contributed by atoms with E-state index >= 15 is 0 Å². The number of nitrogen functional groups attached to an aromatic ring is 1. The molecule has 2 rings (SSSR count). The number of aliphatic hydroxyl groups excluding tert-OH is 1. The lowest BCUT2D eigenvalue weighted by Crippen LogP contribution is -2.35. The van der Waals surface area contributed by atoms with Crippen LogP contribution in [0.2, 0.25) is 0 Å². The Kier molecular flexibility index (Phi) is 7.59. The van der Waals surface area contributed by atoms with E-state index in [-0.39, 0.29) is 25.1 Å². The number of nitrogens with one attached hydrogen (secondary N) is 1. The van der Waals surface area contributed by atoms with Crippen LogP contribution >= 0.6 is 19.5 Å². The summed E-state index contributed by atoms with van der Waals surface area (Å²) in [5.41, 5.74) is 4.75. The highest BCUT2D eigenvalue weighted by Gasteiger charge is 2.37. The van der Waals surface area contributed by atoms with Crippen LogP contribution in [0, 0.1) is 0 Å². The summed E-state index contributed by atoms with van der Waals surface area (Å²) in [5, 5.41) is 11.3. The zero-order valence-electron chi connectivity index (χ0n) is 15.6. The second-order valence-corrected chi connectivity index (χ2v) is 9.47. The Morgan fingerprint density at radius 3 is 2.82 bits per heavy atom. The van der Waals surface area contributed by atoms with Gasteiger partial charge in [-0.15, -0.1) is 11.8 Å². The van der Waals surface area contributed by atoms with Crippen molar-refractivity contribution < 1.29 is 28.6 Å². The van der Waals surface area contributed by atoms with Crippen LogP contribution in [0.3, 0.4) is 0 Å². The maximum absolute atomic E-state index is 12.2. The molecular formula is C14H24N5O7PS. The predicted molar refractivity (Wildman–Crippen MR) is 101 cm³/mol. The Bertz CT molecular complexity index is 807. The zero-order chi connectivity index (χ0) is 21.1. The van der Waals surface area contributed by atoms with Gasteiger partial charge in [-0.3, -0.25) is 13.9 Å². The smallest absolute Gasteiger partial charge is 0.403 e. The number of hydrogen-bond acceptors (Lipinski definition) is 10. The molecule has 1 aliphatic heterocycles. The first-order valence-corrected chi connectivity index (χ1v) is 11.0. The Hall–Kier alpha value is -1.50. The van der Waals surface area contributed by atoms with Gasteiger partial charge in [-0.25, -0.2) is 19.4 Å². The third-order valence-electron chi connectivity index (χ3n) is 3.74. The van der Waals surface area contributed by atoms with Crippen molar-refractivity contribution in [2.45, 2.75) is 56.1 Å². The first-order chi connectivity index (χ1) is 13.0. The van der Waals surface area contributed by atoms with Crippen molar-refractivity contribution in [1.82, 2.24) is 19.6 Å². The highest BCUT2D eigenvalue weighted by Crippen LogP contribution is 2.44. The minimum Gasteiger partial charge on any atom is -0.462 e. The predicted octanol–water partition coefficient (Wildman–Crippen LogP) is -0.368. The number of carbonyl (C=O) groups is 1. The van der Waals surface area contributed by atoms with Gasteiger partial charge in [0.15, 0.2) is 0 Å². The van der Waals surface area contributed by atoms with Crippen molar-refractivity contribution in [2.24, 2.45) is 0 Å². The molecule has 12 nitrogen and oxygen atoms in total. The summed E-state index contributed by atoms with van der Waals surface area (Å²) in [5.74, 6) is -0.840. The molecule has 0 spiro atoms. The molecule has 5 N–H and O–H groups in total. The van der Waals surface area contributed by atoms with Gasteiger partial charge in [-0.1, -0.05) is 0 Å². The highest BCUT2D eigenvalue weighted by atomic mass is 32.2. The van der Waals surface area contributed by atoms with Gasteiger partial charge in [0.05, 0.1) is 29.4 Å². The van der Waals surface area contributed by atoms with E-state index in [4.69, 9.17) is 15.0 Å².